The zero-order valence-corrected chi connectivity index (χ0v) is 15.5. The van der Waals surface area contributed by atoms with E-state index in [9.17, 15) is 0 Å². The maximum atomic E-state index is 5.86. The molecule has 2 rings (SSSR count). The highest BCUT2D eigenvalue weighted by atomic mass is 79.9. The van der Waals surface area contributed by atoms with E-state index in [2.05, 4.69) is 58.8 Å². The van der Waals surface area contributed by atoms with Gasteiger partial charge in [0.1, 0.15) is 12.4 Å². The summed E-state index contributed by atoms with van der Waals surface area (Å²) in [5.74, 6) is 0.978. The van der Waals surface area contributed by atoms with Gasteiger partial charge < -0.3 is 14.4 Å². The van der Waals surface area contributed by atoms with Crippen molar-refractivity contribution in [3.63, 3.8) is 0 Å². The van der Waals surface area contributed by atoms with Gasteiger partial charge >= 0.3 is 0 Å². The Bertz CT molecular complexity index is 451. The number of hydrogen-bond donors (Lipinski definition) is 0. The van der Waals surface area contributed by atoms with Gasteiger partial charge in [-0.15, -0.1) is 0 Å². The Morgan fingerprint density at radius 2 is 1.64 bits per heavy atom. The van der Waals surface area contributed by atoms with Gasteiger partial charge in [0.05, 0.1) is 13.2 Å². The van der Waals surface area contributed by atoms with Gasteiger partial charge in [-0.1, -0.05) is 15.9 Å². The standard InChI is InChI=1S/C17H27BrN2O2/c1-14-12-16(18)13-15(2)17(14)22-11-10-21-9-8-20-6-4-19(3)5-7-20/h12-13H,4-11H2,1-3H3. The number of likely N-dealkylation sites (N-methyl/N-ethyl adjacent to an activating group) is 1. The molecule has 4 nitrogen and oxygen atoms in total. The molecule has 1 fully saturated rings. The number of nitrogens with zero attached hydrogens (tertiary/aromatic N) is 2. The van der Waals surface area contributed by atoms with E-state index in [-0.39, 0.29) is 0 Å². The topological polar surface area (TPSA) is 24.9 Å². The second kappa shape index (κ2) is 8.87. The van der Waals surface area contributed by atoms with Crippen LogP contribution in [0, 0.1) is 13.8 Å². The number of aryl methyl sites for hydroxylation is 2. The third kappa shape index (κ3) is 5.54. The largest absolute Gasteiger partial charge is 0.491 e. The van der Waals surface area contributed by atoms with Crippen LogP contribution in [-0.4, -0.2) is 69.4 Å². The molecule has 1 aliphatic rings. The molecule has 0 atom stereocenters. The molecule has 0 spiro atoms. The number of halogens is 1. The quantitative estimate of drug-likeness (QED) is 0.689. The average Bonchev–Trinajstić information content (AvgIpc) is 2.46. The second-order valence-electron chi connectivity index (χ2n) is 5.97. The van der Waals surface area contributed by atoms with Crippen molar-refractivity contribution in [2.75, 3.05) is 59.6 Å². The van der Waals surface area contributed by atoms with Crippen molar-refractivity contribution in [3.8, 4) is 5.75 Å². The van der Waals surface area contributed by atoms with E-state index in [1.54, 1.807) is 0 Å². The third-order valence-electron chi connectivity index (χ3n) is 4.05. The minimum absolute atomic E-state index is 0.603. The fraction of sp³-hybridized carbons (Fsp3) is 0.647. The summed E-state index contributed by atoms with van der Waals surface area (Å²) >= 11 is 3.50. The smallest absolute Gasteiger partial charge is 0.125 e. The van der Waals surface area contributed by atoms with Crippen LogP contribution in [0.3, 0.4) is 0 Å². The second-order valence-corrected chi connectivity index (χ2v) is 6.89. The first kappa shape index (κ1) is 17.7. The summed E-state index contributed by atoms with van der Waals surface area (Å²) in [6.45, 7) is 11.8. The van der Waals surface area contributed by atoms with Crippen molar-refractivity contribution in [1.82, 2.24) is 9.80 Å². The molecule has 124 valence electrons. The number of hydrogen-bond acceptors (Lipinski definition) is 4. The van der Waals surface area contributed by atoms with Crippen molar-refractivity contribution in [3.05, 3.63) is 27.7 Å². The summed E-state index contributed by atoms with van der Waals surface area (Å²) in [4.78, 5) is 4.83. The summed E-state index contributed by atoms with van der Waals surface area (Å²) in [6.07, 6.45) is 0. The first-order valence-corrected chi connectivity index (χ1v) is 8.74. The van der Waals surface area contributed by atoms with Gasteiger partial charge in [0.15, 0.2) is 0 Å². The summed E-state index contributed by atoms with van der Waals surface area (Å²) in [7, 11) is 2.18. The molecule has 1 aromatic rings. The maximum absolute atomic E-state index is 5.86. The molecular weight excluding hydrogens is 344 g/mol. The fourth-order valence-electron chi connectivity index (χ4n) is 2.69. The van der Waals surface area contributed by atoms with Crippen molar-refractivity contribution in [2.24, 2.45) is 0 Å². The molecule has 22 heavy (non-hydrogen) atoms. The molecule has 1 heterocycles. The van der Waals surface area contributed by atoms with E-state index in [1.807, 2.05) is 0 Å². The Hall–Kier alpha value is -0.620. The van der Waals surface area contributed by atoms with Crippen molar-refractivity contribution < 1.29 is 9.47 Å². The predicted octanol–water partition coefficient (Wildman–Crippen LogP) is 2.71. The number of piperazine rings is 1. The molecular formula is C17H27BrN2O2. The summed E-state index contributed by atoms with van der Waals surface area (Å²) in [5.41, 5.74) is 2.31. The van der Waals surface area contributed by atoms with Crippen LogP contribution in [0.5, 0.6) is 5.75 Å². The molecule has 0 bridgehead atoms. The summed E-state index contributed by atoms with van der Waals surface area (Å²) in [5, 5.41) is 0. The van der Waals surface area contributed by atoms with E-state index in [0.717, 1.165) is 60.7 Å². The van der Waals surface area contributed by atoms with Gasteiger partial charge in [0.2, 0.25) is 0 Å². The lowest BCUT2D eigenvalue weighted by Crippen LogP contribution is -2.45. The molecule has 1 aliphatic heterocycles. The van der Waals surface area contributed by atoms with Crippen LogP contribution in [0.25, 0.3) is 0 Å². The van der Waals surface area contributed by atoms with E-state index in [1.165, 1.54) is 0 Å². The van der Waals surface area contributed by atoms with Crippen molar-refractivity contribution >= 4 is 15.9 Å². The van der Waals surface area contributed by atoms with E-state index >= 15 is 0 Å². The average molecular weight is 371 g/mol. The lowest BCUT2D eigenvalue weighted by Gasteiger charge is -2.32. The molecule has 0 radical (unpaired) electrons. The fourth-order valence-corrected chi connectivity index (χ4v) is 3.38. The number of ether oxygens (including phenoxy) is 2. The predicted molar refractivity (Wildman–Crippen MR) is 93.9 cm³/mol. The van der Waals surface area contributed by atoms with Crippen molar-refractivity contribution in [2.45, 2.75) is 13.8 Å². The van der Waals surface area contributed by atoms with Crippen LogP contribution in [-0.2, 0) is 4.74 Å². The van der Waals surface area contributed by atoms with Crippen LogP contribution in [0.2, 0.25) is 0 Å². The third-order valence-corrected chi connectivity index (χ3v) is 4.50. The molecule has 5 heteroatoms. The Morgan fingerprint density at radius 3 is 2.27 bits per heavy atom. The van der Waals surface area contributed by atoms with E-state index in [0.29, 0.717) is 13.2 Å². The van der Waals surface area contributed by atoms with E-state index in [4.69, 9.17) is 9.47 Å². The van der Waals surface area contributed by atoms with E-state index < -0.39 is 0 Å². The number of benzene rings is 1. The zero-order chi connectivity index (χ0) is 15.9. The minimum atomic E-state index is 0.603. The van der Waals surface area contributed by atoms with Crippen LogP contribution in [0.1, 0.15) is 11.1 Å². The molecule has 0 unspecified atom stereocenters. The van der Waals surface area contributed by atoms with Gasteiger partial charge in [-0.2, -0.15) is 0 Å². The Kier molecular flexibility index (Phi) is 7.15. The highest BCUT2D eigenvalue weighted by molar-refractivity contribution is 9.10. The summed E-state index contributed by atoms with van der Waals surface area (Å²) in [6, 6.07) is 4.16. The van der Waals surface area contributed by atoms with Crippen LogP contribution in [0.15, 0.2) is 16.6 Å². The van der Waals surface area contributed by atoms with Gasteiger partial charge in [-0.05, 0) is 44.2 Å². The van der Waals surface area contributed by atoms with Gasteiger partial charge in [-0.25, -0.2) is 0 Å². The van der Waals surface area contributed by atoms with Crippen LogP contribution in [0.4, 0.5) is 0 Å². The minimum Gasteiger partial charge on any atom is -0.491 e. The van der Waals surface area contributed by atoms with Crippen molar-refractivity contribution in [1.29, 1.82) is 0 Å². The SMILES string of the molecule is Cc1cc(Br)cc(C)c1OCCOCCN1CCN(C)CC1. The molecule has 0 saturated carbocycles. The molecule has 0 amide bonds. The lowest BCUT2D eigenvalue weighted by atomic mass is 10.1. The molecule has 0 aliphatic carbocycles. The maximum Gasteiger partial charge on any atom is 0.125 e. The van der Waals surface area contributed by atoms with Crippen LogP contribution >= 0.6 is 15.9 Å². The summed E-state index contributed by atoms with van der Waals surface area (Å²) < 4.78 is 12.7. The first-order valence-electron chi connectivity index (χ1n) is 7.94. The number of rotatable bonds is 7. The monoisotopic (exact) mass is 370 g/mol. The van der Waals surface area contributed by atoms with Gasteiger partial charge in [0.25, 0.3) is 0 Å². The van der Waals surface area contributed by atoms with Crippen LogP contribution < -0.4 is 4.74 Å². The molecule has 0 N–H and O–H groups in total. The Balaban J connectivity index is 1.60. The Morgan fingerprint density at radius 1 is 1.00 bits per heavy atom. The highest BCUT2D eigenvalue weighted by Gasteiger charge is 2.12. The van der Waals surface area contributed by atoms with Gasteiger partial charge in [-0.3, -0.25) is 4.90 Å². The highest BCUT2D eigenvalue weighted by Crippen LogP contribution is 2.27. The Labute approximate surface area is 142 Å². The zero-order valence-electron chi connectivity index (χ0n) is 13.9. The molecule has 1 aromatic carbocycles. The normalized spacial score (nSPS) is 16.9. The molecule has 0 aromatic heterocycles. The van der Waals surface area contributed by atoms with Gasteiger partial charge in [0, 0.05) is 37.2 Å². The lowest BCUT2D eigenvalue weighted by molar-refractivity contribution is 0.0655. The molecule has 1 saturated heterocycles. The first-order chi connectivity index (χ1) is 10.6.